The first-order valence-corrected chi connectivity index (χ1v) is 9.69. The standard InChI is InChI=1S/C17H17Cl3N2O3S/c1-3-25-15(24)13-12(11-7-5-4-6-8-11)9-26-14(13)22-16(17(18,19)20)21-10(2)23/h4-9,16,22H,3H2,1-2H3,(H,21,23). The molecule has 26 heavy (non-hydrogen) atoms. The first-order valence-electron chi connectivity index (χ1n) is 7.68. The number of ether oxygens (including phenoxy) is 1. The number of carbonyl (C=O) groups is 2. The molecule has 2 rings (SSSR count). The highest BCUT2D eigenvalue weighted by molar-refractivity contribution is 7.15. The summed E-state index contributed by atoms with van der Waals surface area (Å²) in [6, 6.07) is 9.39. The summed E-state index contributed by atoms with van der Waals surface area (Å²) in [6.07, 6.45) is -1.03. The van der Waals surface area contributed by atoms with Crippen LogP contribution in [0.5, 0.6) is 0 Å². The van der Waals surface area contributed by atoms with Crippen molar-refractivity contribution in [2.24, 2.45) is 0 Å². The third-order valence-electron chi connectivity index (χ3n) is 3.31. The van der Waals surface area contributed by atoms with Crippen molar-refractivity contribution >= 4 is 63.0 Å². The minimum atomic E-state index is -1.82. The quantitative estimate of drug-likeness (QED) is 0.387. The van der Waals surface area contributed by atoms with Crippen LogP contribution in [0.2, 0.25) is 0 Å². The van der Waals surface area contributed by atoms with Crippen molar-refractivity contribution in [3.63, 3.8) is 0 Å². The number of thiophene rings is 1. The fourth-order valence-electron chi connectivity index (χ4n) is 2.23. The molecule has 9 heteroatoms. The number of benzene rings is 1. The topological polar surface area (TPSA) is 67.4 Å². The van der Waals surface area contributed by atoms with Crippen LogP contribution in [0.15, 0.2) is 35.7 Å². The summed E-state index contributed by atoms with van der Waals surface area (Å²) < 4.78 is 3.35. The van der Waals surface area contributed by atoms with Gasteiger partial charge in [0.25, 0.3) is 0 Å². The monoisotopic (exact) mass is 434 g/mol. The molecule has 0 aliphatic rings. The van der Waals surface area contributed by atoms with Crippen LogP contribution in [-0.4, -0.2) is 28.4 Å². The van der Waals surface area contributed by atoms with Crippen LogP contribution in [-0.2, 0) is 9.53 Å². The highest BCUT2D eigenvalue weighted by Gasteiger charge is 2.35. The van der Waals surface area contributed by atoms with Gasteiger partial charge in [-0.3, -0.25) is 4.79 Å². The zero-order chi connectivity index (χ0) is 19.3. The molecule has 1 amide bonds. The number of nitrogens with one attached hydrogen (secondary N) is 2. The summed E-state index contributed by atoms with van der Waals surface area (Å²) in [4.78, 5) is 24.0. The number of rotatable bonds is 6. The lowest BCUT2D eigenvalue weighted by molar-refractivity contribution is -0.119. The fraction of sp³-hybridized carbons (Fsp3) is 0.294. The summed E-state index contributed by atoms with van der Waals surface area (Å²) in [5.74, 6) is -0.882. The van der Waals surface area contributed by atoms with Gasteiger partial charge in [-0.2, -0.15) is 0 Å². The molecule has 2 aromatic rings. The molecule has 1 aromatic carbocycles. The third kappa shape index (κ3) is 5.27. The van der Waals surface area contributed by atoms with E-state index in [0.29, 0.717) is 16.1 Å². The Morgan fingerprint density at radius 2 is 1.88 bits per heavy atom. The van der Waals surface area contributed by atoms with Crippen LogP contribution in [0.3, 0.4) is 0 Å². The van der Waals surface area contributed by atoms with Gasteiger partial charge >= 0.3 is 5.97 Å². The van der Waals surface area contributed by atoms with E-state index in [4.69, 9.17) is 39.5 Å². The lowest BCUT2D eigenvalue weighted by atomic mass is 10.0. The largest absolute Gasteiger partial charge is 0.462 e. The van der Waals surface area contributed by atoms with Crippen molar-refractivity contribution in [3.05, 3.63) is 41.3 Å². The average molecular weight is 436 g/mol. The van der Waals surface area contributed by atoms with Crippen molar-refractivity contribution in [3.8, 4) is 11.1 Å². The van der Waals surface area contributed by atoms with E-state index in [0.717, 1.165) is 5.56 Å². The molecule has 0 saturated heterocycles. The number of anilines is 1. The molecule has 0 fully saturated rings. The van der Waals surface area contributed by atoms with Gasteiger partial charge in [-0.1, -0.05) is 65.1 Å². The molecule has 0 spiro atoms. The number of halogens is 3. The summed E-state index contributed by atoms with van der Waals surface area (Å²) in [7, 11) is 0. The van der Waals surface area contributed by atoms with E-state index >= 15 is 0 Å². The smallest absolute Gasteiger partial charge is 0.341 e. The Labute approximate surface area is 170 Å². The number of alkyl halides is 3. The average Bonchev–Trinajstić information content (AvgIpc) is 2.98. The third-order valence-corrected chi connectivity index (χ3v) is 4.87. The van der Waals surface area contributed by atoms with Gasteiger partial charge in [0.2, 0.25) is 9.70 Å². The number of amides is 1. The lowest BCUT2D eigenvalue weighted by Crippen LogP contribution is -2.48. The Balaban J connectivity index is 2.46. The molecule has 1 atom stereocenters. The summed E-state index contributed by atoms with van der Waals surface area (Å²) in [5.41, 5.74) is 1.87. The van der Waals surface area contributed by atoms with Gasteiger partial charge in [-0.25, -0.2) is 4.79 Å². The van der Waals surface area contributed by atoms with E-state index in [9.17, 15) is 9.59 Å². The maximum Gasteiger partial charge on any atom is 0.341 e. The number of hydrogen-bond acceptors (Lipinski definition) is 5. The van der Waals surface area contributed by atoms with E-state index in [2.05, 4.69) is 10.6 Å². The van der Waals surface area contributed by atoms with Crippen molar-refractivity contribution in [2.45, 2.75) is 23.8 Å². The summed E-state index contributed by atoms with van der Waals surface area (Å²) in [6.45, 7) is 3.25. The van der Waals surface area contributed by atoms with E-state index in [-0.39, 0.29) is 12.5 Å². The molecule has 1 heterocycles. The highest BCUT2D eigenvalue weighted by atomic mass is 35.6. The Bertz CT molecular complexity index is 775. The maximum absolute atomic E-state index is 12.5. The van der Waals surface area contributed by atoms with Crippen LogP contribution < -0.4 is 10.6 Å². The van der Waals surface area contributed by atoms with Crippen LogP contribution in [0, 0.1) is 0 Å². The Hall–Kier alpha value is -1.47. The SMILES string of the molecule is CCOC(=O)c1c(-c2ccccc2)csc1NC(NC(C)=O)C(Cl)(Cl)Cl. The predicted molar refractivity (Wildman–Crippen MR) is 107 cm³/mol. The van der Waals surface area contributed by atoms with Crippen molar-refractivity contribution in [1.29, 1.82) is 0 Å². The van der Waals surface area contributed by atoms with Gasteiger partial charge < -0.3 is 15.4 Å². The Morgan fingerprint density at radius 1 is 1.23 bits per heavy atom. The molecule has 140 valence electrons. The first-order chi connectivity index (χ1) is 12.2. The van der Waals surface area contributed by atoms with Gasteiger partial charge in [-0.15, -0.1) is 11.3 Å². The number of hydrogen-bond donors (Lipinski definition) is 2. The molecule has 0 aliphatic carbocycles. The second-order valence-electron chi connectivity index (χ2n) is 5.26. The number of esters is 1. The minimum Gasteiger partial charge on any atom is -0.462 e. The molecule has 0 radical (unpaired) electrons. The minimum absolute atomic E-state index is 0.224. The normalized spacial score (nSPS) is 12.3. The van der Waals surface area contributed by atoms with Gasteiger partial charge in [0, 0.05) is 17.9 Å². The van der Waals surface area contributed by atoms with Crippen LogP contribution in [0.25, 0.3) is 11.1 Å². The Morgan fingerprint density at radius 3 is 2.42 bits per heavy atom. The van der Waals surface area contributed by atoms with Crippen molar-refractivity contribution < 1.29 is 14.3 Å². The van der Waals surface area contributed by atoms with Gasteiger partial charge in [-0.05, 0) is 12.5 Å². The zero-order valence-electron chi connectivity index (χ0n) is 14.0. The molecule has 1 unspecified atom stereocenters. The second kappa shape index (κ2) is 8.95. The molecule has 0 aliphatic heterocycles. The fourth-order valence-corrected chi connectivity index (χ4v) is 3.55. The van der Waals surface area contributed by atoms with Crippen LogP contribution in [0.4, 0.5) is 5.00 Å². The molecule has 0 bridgehead atoms. The van der Waals surface area contributed by atoms with Crippen LogP contribution in [0.1, 0.15) is 24.2 Å². The van der Waals surface area contributed by atoms with Crippen molar-refractivity contribution in [1.82, 2.24) is 5.32 Å². The number of carbonyl (C=O) groups excluding carboxylic acids is 2. The van der Waals surface area contributed by atoms with Gasteiger partial charge in [0.15, 0.2) is 0 Å². The first kappa shape index (κ1) is 20.8. The maximum atomic E-state index is 12.5. The molecular weight excluding hydrogens is 419 g/mol. The molecule has 5 nitrogen and oxygen atoms in total. The lowest BCUT2D eigenvalue weighted by Gasteiger charge is -2.26. The van der Waals surface area contributed by atoms with Crippen LogP contribution >= 0.6 is 46.1 Å². The van der Waals surface area contributed by atoms with Gasteiger partial charge in [0.1, 0.15) is 16.7 Å². The van der Waals surface area contributed by atoms with E-state index in [1.807, 2.05) is 35.7 Å². The van der Waals surface area contributed by atoms with E-state index < -0.39 is 15.9 Å². The molecule has 2 N–H and O–H groups in total. The highest BCUT2D eigenvalue weighted by Crippen LogP contribution is 2.39. The predicted octanol–water partition coefficient (Wildman–Crippen LogP) is 4.84. The van der Waals surface area contributed by atoms with Crippen molar-refractivity contribution in [2.75, 3.05) is 11.9 Å². The van der Waals surface area contributed by atoms with Gasteiger partial charge in [0.05, 0.1) is 6.61 Å². The summed E-state index contributed by atoms with van der Waals surface area (Å²) in [5, 5.41) is 7.71. The Kier molecular flexibility index (Phi) is 7.17. The summed E-state index contributed by atoms with van der Waals surface area (Å²) >= 11 is 19.1. The molecule has 0 saturated carbocycles. The zero-order valence-corrected chi connectivity index (χ0v) is 17.1. The molecular formula is C17H17Cl3N2O3S. The second-order valence-corrected chi connectivity index (χ2v) is 8.51. The van der Waals surface area contributed by atoms with E-state index in [1.165, 1.54) is 18.3 Å². The van der Waals surface area contributed by atoms with E-state index in [1.54, 1.807) is 6.92 Å². The molecule has 1 aromatic heterocycles.